The fraction of sp³-hybridized carbons (Fsp3) is 0.286. The van der Waals surface area contributed by atoms with Crippen molar-refractivity contribution >= 4 is 33.8 Å². The summed E-state index contributed by atoms with van der Waals surface area (Å²) in [6.45, 7) is 3.84. The van der Waals surface area contributed by atoms with Crippen molar-refractivity contribution in [3.8, 4) is 0 Å². The molecule has 0 heterocycles. The van der Waals surface area contributed by atoms with Gasteiger partial charge < -0.3 is 4.74 Å². The van der Waals surface area contributed by atoms with E-state index in [-0.39, 0.29) is 11.5 Å². The van der Waals surface area contributed by atoms with Gasteiger partial charge in [0, 0.05) is 0 Å². The molecule has 2 atom stereocenters. The van der Waals surface area contributed by atoms with E-state index in [2.05, 4.69) is 4.72 Å². The molecule has 2 rings (SSSR count). The van der Waals surface area contributed by atoms with E-state index in [4.69, 9.17) is 4.74 Å². The molecule has 0 saturated heterocycles. The summed E-state index contributed by atoms with van der Waals surface area (Å²) in [4.78, 5) is 12.5. The number of nitrogens with one attached hydrogen (secondary N) is 1. The fourth-order valence-electron chi connectivity index (χ4n) is 2.56. The molecule has 0 aliphatic carbocycles. The maximum Gasteiger partial charge on any atom is 0.321 e. The summed E-state index contributed by atoms with van der Waals surface area (Å²) in [5.41, 5.74) is 1.87. The van der Waals surface area contributed by atoms with Gasteiger partial charge in [0.25, 0.3) is 0 Å². The van der Waals surface area contributed by atoms with E-state index in [1.165, 1.54) is 11.8 Å². The Hall–Kier alpha value is -2.09. The number of esters is 1. The second-order valence-corrected chi connectivity index (χ2v) is 8.83. The number of rotatable bonds is 9. The van der Waals surface area contributed by atoms with Crippen LogP contribution in [0.15, 0.2) is 65.6 Å². The summed E-state index contributed by atoms with van der Waals surface area (Å²) in [6, 6.07) is 15.3. The van der Waals surface area contributed by atoms with Crippen molar-refractivity contribution in [3.05, 3.63) is 71.8 Å². The van der Waals surface area contributed by atoms with Crippen LogP contribution in [0.5, 0.6) is 0 Å². The van der Waals surface area contributed by atoms with Gasteiger partial charge >= 0.3 is 5.97 Å². The third kappa shape index (κ3) is 6.22. The molecule has 28 heavy (non-hydrogen) atoms. The van der Waals surface area contributed by atoms with Crippen molar-refractivity contribution in [2.24, 2.45) is 0 Å². The highest BCUT2D eigenvalue weighted by molar-refractivity contribution is 8.00. The van der Waals surface area contributed by atoms with Crippen LogP contribution in [0, 0.1) is 6.92 Å². The number of hydrogen-bond acceptors (Lipinski definition) is 5. The minimum absolute atomic E-state index is 0.153. The van der Waals surface area contributed by atoms with Crippen LogP contribution in [0.2, 0.25) is 0 Å². The van der Waals surface area contributed by atoms with Gasteiger partial charge in [-0.1, -0.05) is 60.2 Å². The molecule has 7 heteroatoms. The zero-order valence-corrected chi connectivity index (χ0v) is 17.8. The van der Waals surface area contributed by atoms with E-state index in [9.17, 15) is 13.2 Å². The molecule has 0 aliphatic heterocycles. The molecule has 0 saturated carbocycles. The summed E-state index contributed by atoms with van der Waals surface area (Å²) >= 11 is 1.25. The van der Waals surface area contributed by atoms with E-state index < -0.39 is 27.3 Å². The molecule has 5 nitrogen and oxygen atoms in total. The Bertz CT molecular complexity index is 894. The molecule has 0 aromatic heterocycles. The fourth-order valence-corrected chi connectivity index (χ4v) is 4.56. The van der Waals surface area contributed by atoms with Crippen molar-refractivity contribution in [2.45, 2.75) is 30.0 Å². The highest BCUT2D eigenvalue weighted by Gasteiger charge is 2.31. The van der Waals surface area contributed by atoms with E-state index in [1.54, 1.807) is 49.6 Å². The molecular formula is C21H25NO4S2. The number of hydrogen-bond donors (Lipinski definition) is 1. The molecule has 0 fully saturated rings. The standard InChI is InChI=1S/C21H25NO4S2/c1-4-26-21(23)20(27-3)19(15-12-17-8-6-5-7-9-17)22-28(24,25)18-13-10-16(2)11-14-18/h5-15,19-20,22H,4H2,1-3H3/b15-12+/t19-,20+/m1/s1. The number of thioether (sulfide) groups is 1. The summed E-state index contributed by atoms with van der Waals surface area (Å²) in [6.07, 6.45) is 5.25. The summed E-state index contributed by atoms with van der Waals surface area (Å²) in [5, 5.41) is -0.708. The minimum atomic E-state index is -3.81. The monoisotopic (exact) mass is 419 g/mol. The molecule has 150 valence electrons. The number of carbonyl (C=O) groups is 1. The van der Waals surface area contributed by atoms with E-state index in [0.717, 1.165) is 11.1 Å². The third-order valence-electron chi connectivity index (χ3n) is 4.02. The van der Waals surface area contributed by atoms with Crippen molar-refractivity contribution in [2.75, 3.05) is 12.9 Å². The van der Waals surface area contributed by atoms with Crippen LogP contribution in [-0.2, 0) is 19.6 Å². The van der Waals surface area contributed by atoms with Crippen LogP contribution in [0.4, 0.5) is 0 Å². The highest BCUT2D eigenvalue weighted by Crippen LogP contribution is 2.19. The molecule has 0 bridgehead atoms. The number of aryl methyl sites for hydroxylation is 1. The second-order valence-electron chi connectivity index (χ2n) is 6.14. The van der Waals surface area contributed by atoms with Crippen LogP contribution in [-0.4, -0.2) is 38.5 Å². The third-order valence-corrected chi connectivity index (χ3v) is 6.49. The number of ether oxygens (including phenoxy) is 1. The van der Waals surface area contributed by atoms with Gasteiger partial charge in [0.05, 0.1) is 17.5 Å². The normalized spacial score (nSPS) is 14.0. The lowest BCUT2D eigenvalue weighted by atomic mass is 10.1. The van der Waals surface area contributed by atoms with Crippen LogP contribution >= 0.6 is 11.8 Å². The molecular weight excluding hydrogens is 394 g/mol. The topological polar surface area (TPSA) is 72.5 Å². The molecule has 1 N–H and O–H groups in total. The molecule has 0 amide bonds. The second kappa shape index (κ2) is 10.5. The molecule has 2 aromatic rings. The smallest absolute Gasteiger partial charge is 0.321 e. The Morgan fingerprint density at radius 3 is 2.36 bits per heavy atom. The number of sulfonamides is 1. The first-order valence-corrected chi connectivity index (χ1v) is 11.7. The maximum absolute atomic E-state index is 12.9. The molecule has 0 unspecified atom stereocenters. The quantitative estimate of drug-likeness (QED) is 0.628. The van der Waals surface area contributed by atoms with E-state index in [1.807, 2.05) is 37.3 Å². The van der Waals surface area contributed by atoms with Crippen molar-refractivity contribution in [1.82, 2.24) is 4.72 Å². The average molecular weight is 420 g/mol. The maximum atomic E-state index is 12.9. The Kier molecular flexibility index (Phi) is 8.29. The highest BCUT2D eigenvalue weighted by atomic mass is 32.2. The molecule has 2 aromatic carbocycles. The molecule has 0 radical (unpaired) electrons. The Balaban J connectivity index is 2.34. The SMILES string of the molecule is CCOC(=O)[C@@H](SC)[C@@H](/C=C/c1ccccc1)NS(=O)(=O)c1ccc(C)cc1. The number of benzene rings is 2. The van der Waals surface area contributed by atoms with Gasteiger partial charge in [0.1, 0.15) is 5.25 Å². The minimum Gasteiger partial charge on any atom is -0.465 e. The van der Waals surface area contributed by atoms with Crippen LogP contribution < -0.4 is 4.72 Å². The predicted octanol–water partition coefficient (Wildman–Crippen LogP) is 3.65. The van der Waals surface area contributed by atoms with Gasteiger partial charge in [0.15, 0.2) is 0 Å². The van der Waals surface area contributed by atoms with Crippen LogP contribution in [0.25, 0.3) is 6.08 Å². The summed E-state index contributed by atoms with van der Waals surface area (Å²) in [7, 11) is -3.81. The van der Waals surface area contributed by atoms with Crippen LogP contribution in [0.1, 0.15) is 18.1 Å². The predicted molar refractivity (Wildman–Crippen MR) is 115 cm³/mol. The Morgan fingerprint density at radius 2 is 1.79 bits per heavy atom. The lowest BCUT2D eigenvalue weighted by molar-refractivity contribution is -0.142. The van der Waals surface area contributed by atoms with Gasteiger partial charge in [-0.3, -0.25) is 4.79 Å². The van der Waals surface area contributed by atoms with Gasteiger partial charge in [0.2, 0.25) is 10.0 Å². The summed E-state index contributed by atoms with van der Waals surface area (Å²) < 4.78 is 33.5. The van der Waals surface area contributed by atoms with Crippen molar-refractivity contribution < 1.29 is 17.9 Å². The zero-order chi connectivity index (χ0) is 20.6. The number of carbonyl (C=O) groups excluding carboxylic acids is 1. The Morgan fingerprint density at radius 1 is 1.14 bits per heavy atom. The molecule has 0 aliphatic rings. The van der Waals surface area contributed by atoms with E-state index in [0.29, 0.717) is 0 Å². The largest absolute Gasteiger partial charge is 0.465 e. The zero-order valence-electron chi connectivity index (χ0n) is 16.2. The lowest BCUT2D eigenvalue weighted by Crippen LogP contribution is -2.44. The van der Waals surface area contributed by atoms with Crippen molar-refractivity contribution in [3.63, 3.8) is 0 Å². The van der Waals surface area contributed by atoms with E-state index >= 15 is 0 Å². The van der Waals surface area contributed by atoms with Gasteiger partial charge in [-0.2, -0.15) is 0 Å². The van der Waals surface area contributed by atoms with Gasteiger partial charge in [-0.15, -0.1) is 11.8 Å². The summed E-state index contributed by atoms with van der Waals surface area (Å²) in [5.74, 6) is -0.454. The van der Waals surface area contributed by atoms with Crippen LogP contribution in [0.3, 0.4) is 0 Å². The molecule has 0 spiro atoms. The Labute approximate surface area is 171 Å². The van der Waals surface area contributed by atoms with Gasteiger partial charge in [-0.05, 0) is 37.8 Å². The van der Waals surface area contributed by atoms with Gasteiger partial charge in [-0.25, -0.2) is 13.1 Å². The van der Waals surface area contributed by atoms with Crippen molar-refractivity contribution in [1.29, 1.82) is 0 Å². The lowest BCUT2D eigenvalue weighted by Gasteiger charge is -2.22. The average Bonchev–Trinajstić information content (AvgIpc) is 2.67. The first-order valence-electron chi connectivity index (χ1n) is 8.89. The first-order chi connectivity index (χ1) is 13.4. The first kappa shape index (κ1) is 22.2.